The molecule has 0 saturated carbocycles. The molecule has 0 spiro atoms. The molecule has 0 unspecified atom stereocenters. The number of benzene rings is 1. The lowest BCUT2D eigenvalue weighted by atomic mass is 9.82. The Labute approximate surface area is 117 Å². The lowest BCUT2D eigenvalue weighted by Gasteiger charge is -2.31. The Morgan fingerprint density at radius 2 is 1.62 bits per heavy atom. The molecule has 1 aromatic carbocycles. The average Bonchev–Trinajstić information content (AvgIpc) is 2.15. The minimum absolute atomic E-state index is 0. The van der Waals surface area contributed by atoms with Crippen molar-refractivity contribution in [1.29, 1.82) is 0 Å². The van der Waals surface area contributed by atoms with Gasteiger partial charge in [-0.1, -0.05) is 32.9 Å². The molecule has 0 saturated heterocycles. The van der Waals surface area contributed by atoms with Crippen molar-refractivity contribution in [1.82, 2.24) is 0 Å². The molecule has 0 fully saturated rings. The Morgan fingerprint density at radius 1 is 1.19 bits per heavy atom. The predicted molar refractivity (Wildman–Crippen MR) is 78.8 cm³/mol. The molecule has 1 rings (SSSR count). The fourth-order valence-electron chi connectivity index (χ4n) is 1.41. The van der Waals surface area contributed by atoms with Gasteiger partial charge in [-0.05, 0) is 45.7 Å². The molecular weight excluding hydrogens is 336 g/mol. The van der Waals surface area contributed by atoms with Gasteiger partial charge in [0, 0.05) is 3.57 Å². The van der Waals surface area contributed by atoms with Crippen LogP contribution in [0.1, 0.15) is 32.4 Å². The number of aliphatic hydroxyl groups excluding tert-OH is 1. The van der Waals surface area contributed by atoms with E-state index in [9.17, 15) is 5.11 Å². The number of rotatable bonds is 2. The van der Waals surface area contributed by atoms with Gasteiger partial charge in [0.05, 0.1) is 12.1 Å². The van der Waals surface area contributed by atoms with Gasteiger partial charge in [0.15, 0.2) is 0 Å². The number of hydrogen-bond donors (Lipinski definition) is 2. The van der Waals surface area contributed by atoms with Crippen LogP contribution in [0.5, 0.6) is 0 Å². The third-order valence-corrected chi connectivity index (χ3v) is 3.20. The first kappa shape index (κ1) is 16.2. The Hall–Kier alpha value is 0.160. The molecule has 0 bridgehead atoms. The molecule has 0 amide bonds. The lowest BCUT2D eigenvalue weighted by Crippen LogP contribution is -2.36. The van der Waals surface area contributed by atoms with Gasteiger partial charge in [-0.25, -0.2) is 0 Å². The predicted octanol–water partition coefficient (Wildman–Crippen LogP) is 3.12. The van der Waals surface area contributed by atoms with E-state index in [2.05, 4.69) is 22.6 Å². The van der Waals surface area contributed by atoms with Crippen LogP contribution in [0.4, 0.5) is 0 Å². The molecule has 2 atom stereocenters. The van der Waals surface area contributed by atoms with Crippen molar-refractivity contribution in [3.63, 3.8) is 0 Å². The van der Waals surface area contributed by atoms with E-state index < -0.39 is 6.10 Å². The molecule has 92 valence electrons. The number of halogens is 2. The zero-order valence-corrected chi connectivity index (χ0v) is 12.7. The second kappa shape index (κ2) is 6.19. The van der Waals surface area contributed by atoms with E-state index >= 15 is 0 Å². The summed E-state index contributed by atoms with van der Waals surface area (Å²) in [7, 11) is 0. The molecule has 0 aliphatic rings. The summed E-state index contributed by atoms with van der Waals surface area (Å²) in [5, 5.41) is 10.1. The van der Waals surface area contributed by atoms with Crippen LogP contribution in [-0.4, -0.2) is 11.2 Å². The SMILES string of the molecule is CC(C)(C)[C@H](O)[C@H](N)c1ccc(I)cc1.Cl. The largest absolute Gasteiger partial charge is 0.391 e. The summed E-state index contributed by atoms with van der Waals surface area (Å²) in [5.41, 5.74) is 6.81. The van der Waals surface area contributed by atoms with Gasteiger partial charge in [-0.3, -0.25) is 0 Å². The Kier molecular flexibility index (Phi) is 6.25. The standard InChI is InChI=1S/C12H18INO.ClH/c1-12(2,3)11(15)10(14)8-4-6-9(13)7-5-8;/h4-7,10-11,15H,14H2,1-3H3;1H/t10-,11-;/m1./s1. The first-order chi connectivity index (χ1) is 6.82. The molecule has 0 radical (unpaired) electrons. The van der Waals surface area contributed by atoms with Crippen LogP contribution in [-0.2, 0) is 0 Å². The minimum atomic E-state index is -0.530. The number of hydrogen-bond acceptors (Lipinski definition) is 2. The highest BCUT2D eigenvalue weighted by Gasteiger charge is 2.28. The van der Waals surface area contributed by atoms with Crippen molar-refractivity contribution < 1.29 is 5.11 Å². The first-order valence-corrected chi connectivity index (χ1v) is 6.09. The first-order valence-electron chi connectivity index (χ1n) is 5.01. The molecule has 1 aromatic rings. The van der Waals surface area contributed by atoms with E-state index in [0.717, 1.165) is 5.56 Å². The van der Waals surface area contributed by atoms with Crippen LogP contribution in [0.3, 0.4) is 0 Å². The maximum absolute atomic E-state index is 10.1. The molecule has 4 heteroatoms. The van der Waals surface area contributed by atoms with Gasteiger partial charge in [-0.2, -0.15) is 0 Å². The Bertz CT molecular complexity index is 321. The highest BCUT2D eigenvalue weighted by Crippen LogP contribution is 2.28. The fraction of sp³-hybridized carbons (Fsp3) is 0.500. The second-order valence-electron chi connectivity index (χ2n) is 4.89. The monoisotopic (exact) mass is 355 g/mol. The third-order valence-electron chi connectivity index (χ3n) is 2.48. The van der Waals surface area contributed by atoms with E-state index in [4.69, 9.17) is 5.73 Å². The quantitative estimate of drug-likeness (QED) is 0.801. The van der Waals surface area contributed by atoms with E-state index in [1.165, 1.54) is 3.57 Å². The van der Waals surface area contributed by atoms with Crippen LogP contribution in [0.15, 0.2) is 24.3 Å². The van der Waals surface area contributed by atoms with Gasteiger partial charge in [0.1, 0.15) is 0 Å². The highest BCUT2D eigenvalue weighted by molar-refractivity contribution is 14.1. The summed E-state index contributed by atoms with van der Waals surface area (Å²) in [6.07, 6.45) is -0.530. The van der Waals surface area contributed by atoms with Gasteiger partial charge in [-0.15, -0.1) is 12.4 Å². The molecular formula is C12H19ClINO. The van der Waals surface area contributed by atoms with E-state index in [-0.39, 0.29) is 23.9 Å². The number of aliphatic hydroxyl groups is 1. The van der Waals surface area contributed by atoms with Gasteiger partial charge >= 0.3 is 0 Å². The van der Waals surface area contributed by atoms with Crippen LogP contribution in [0, 0.1) is 8.99 Å². The second-order valence-corrected chi connectivity index (χ2v) is 6.13. The summed E-state index contributed by atoms with van der Waals surface area (Å²) in [6, 6.07) is 7.64. The summed E-state index contributed by atoms with van der Waals surface area (Å²) in [5.74, 6) is 0. The van der Waals surface area contributed by atoms with Crippen LogP contribution in [0.25, 0.3) is 0 Å². The average molecular weight is 356 g/mol. The summed E-state index contributed by atoms with van der Waals surface area (Å²) in [6.45, 7) is 5.97. The van der Waals surface area contributed by atoms with Crippen molar-refractivity contribution >= 4 is 35.0 Å². The van der Waals surface area contributed by atoms with Crippen molar-refractivity contribution in [3.8, 4) is 0 Å². The van der Waals surface area contributed by atoms with Gasteiger partial charge in [0.25, 0.3) is 0 Å². The minimum Gasteiger partial charge on any atom is -0.391 e. The zero-order chi connectivity index (χ0) is 11.6. The molecule has 0 heterocycles. The van der Waals surface area contributed by atoms with E-state index in [1.807, 2.05) is 45.0 Å². The number of nitrogens with two attached hydrogens (primary N) is 1. The van der Waals surface area contributed by atoms with Crippen molar-refractivity contribution in [2.24, 2.45) is 11.1 Å². The van der Waals surface area contributed by atoms with Crippen molar-refractivity contribution in [3.05, 3.63) is 33.4 Å². The molecule has 16 heavy (non-hydrogen) atoms. The maximum Gasteiger partial charge on any atom is 0.0780 e. The normalized spacial score (nSPS) is 15.1. The van der Waals surface area contributed by atoms with E-state index in [0.29, 0.717) is 0 Å². The van der Waals surface area contributed by atoms with Gasteiger partial charge < -0.3 is 10.8 Å². The summed E-state index contributed by atoms with van der Waals surface area (Å²) < 4.78 is 1.17. The lowest BCUT2D eigenvalue weighted by molar-refractivity contribution is 0.0401. The molecule has 0 aliphatic carbocycles. The third kappa shape index (κ3) is 4.20. The van der Waals surface area contributed by atoms with Gasteiger partial charge in [0.2, 0.25) is 0 Å². The Morgan fingerprint density at radius 3 is 2.00 bits per heavy atom. The topological polar surface area (TPSA) is 46.2 Å². The fourth-order valence-corrected chi connectivity index (χ4v) is 1.77. The smallest absolute Gasteiger partial charge is 0.0780 e. The molecule has 0 aliphatic heterocycles. The van der Waals surface area contributed by atoms with Crippen molar-refractivity contribution in [2.45, 2.75) is 32.9 Å². The van der Waals surface area contributed by atoms with Crippen LogP contribution >= 0.6 is 35.0 Å². The summed E-state index contributed by atoms with van der Waals surface area (Å²) >= 11 is 2.25. The molecule has 3 N–H and O–H groups in total. The van der Waals surface area contributed by atoms with Crippen molar-refractivity contribution in [2.75, 3.05) is 0 Å². The zero-order valence-electron chi connectivity index (χ0n) is 9.77. The molecule has 0 aromatic heterocycles. The Balaban J connectivity index is 0.00000225. The summed E-state index contributed by atoms with van der Waals surface area (Å²) in [4.78, 5) is 0. The maximum atomic E-state index is 10.1. The van der Waals surface area contributed by atoms with E-state index in [1.54, 1.807) is 0 Å². The van der Waals surface area contributed by atoms with Crippen LogP contribution in [0.2, 0.25) is 0 Å². The highest BCUT2D eigenvalue weighted by atomic mass is 127. The van der Waals surface area contributed by atoms with Crippen LogP contribution < -0.4 is 5.73 Å². The molecule has 2 nitrogen and oxygen atoms in total.